The first-order valence-electron chi connectivity index (χ1n) is 9.50. The maximum Gasteiger partial charge on any atom is 0.152 e. The molecule has 4 nitrogen and oxygen atoms in total. The molecular formula is C21H22Br2N2O2. The number of rotatable bonds is 3. The summed E-state index contributed by atoms with van der Waals surface area (Å²) in [7, 11) is 0. The Hall–Kier alpha value is -1.08. The molecule has 2 fully saturated rings. The fourth-order valence-electron chi connectivity index (χ4n) is 4.57. The number of hydrogen-bond donors (Lipinski definition) is 0. The molecule has 2 aromatic carbocycles. The summed E-state index contributed by atoms with van der Waals surface area (Å²) in [5.74, 6) is 3.21. The molecule has 3 aliphatic heterocycles. The summed E-state index contributed by atoms with van der Waals surface area (Å²) in [6.45, 7) is 6.17. The van der Waals surface area contributed by atoms with Crippen molar-refractivity contribution in [1.82, 2.24) is 4.90 Å². The topological polar surface area (TPSA) is 24.9 Å². The van der Waals surface area contributed by atoms with Crippen LogP contribution in [0.4, 0.5) is 11.4 Å². The summed E-state index contributed by atoms with van der Waals surface area (Å²) >= 11 is 7.13. The zero-order valence-corrected chi connectivity index (χ0v) is 18.2. The number of piperidine rings is 1. The predicted molar refractivity (Wildman–Crippen MR) is 114 cm³/mol. The molecule has 6 heteroatoms. The minimum atomic E-state index is 0.702. The Kier molecular flexibility index (Phi) is 4.92. The van der Waals surface area contributed by atoms with Crippen LogP contribution in [0.2, 0.25) is 0 Å². The van der Waals surface area contributed by atoms with Gasteiger partial charge in [-0.1, -0.05) is 31.9 Å². The van der Waals surface area contributed by atoms with Crippen LogP contribution in [-0.4, -0.2) is 44.3 Å². The van der Waals surface area contributed by atoms with Crippen LogP contribution in [0.25, 0.3) is 0 Å². The van der Waals surface area contributed by atoms with Crippen LogP contribution in [0.5, 0.6) is 11.5 Å². The van der Waals surface area contributed by atoms with E-state index in [1.165, 1.54) is 6.42 Å². The van der Waals surface area contributed by atoms with Gasteiger partial charge in [0.1, 0.15) is 0 Å². The Morgan fingerprint density at radius 3 is 2.04 bits per heavy atom. The van der Waals surface area contributed by atoms with Gasteiger partial charge in [-0.2, -0.15) is 0 Å². The van der Waals surface area contributed by atoms with Crippen LogP contribution in [-0.2, 0) is 4.74 Å². The number of nitrogens with zero attached hydrogens (tertiary/aromatic N) is 2. The van der Waals surface area contributed by atoms with Gasteiger partial charge in [0.2, 0.25) is 0 Å². The number of halogens is 2. The molecule has 27 heavy (non-hydrogen) atoms. The molecule has 0 spiro atoms. The van der Waals surface area contributed by atoms with Crippen molar-refractivity contribution in [2.45, 2.75) is 6.42 Å². The second-order valence-corrected chi connectivity index (χ2v) is 9.57. The molecule has 2 saturated heterocycles. The lowest BCUT2D eigenvalue weighted by molar-refractivity contribution is -0.0394. The van der Waals surface area contributed by atoms with Crippen LogP contribution < -0.4 is 9.64 Å². The smallest absolute Gasteiger partial charge is 0.152 e. The molecule has 142 valence electrons. The van der Waals surface area contributed by atoms with Crippen molar-refractivity contribution >= 4 is 43.2 Å². The molecule has 5 rings (SSSR count). The largest absolute Gasteiger partial charge is 0.453 e. The van der Waals surface area contributed by atoms with E-state index >= 15 is 0 Å². The van der Waals surface area contributed by atoms with Gasteiger partial charge in [-0.3, -0.25) is 0 Å². The molecular weight excluding hydrogens is 472 g/mol. The summed E-state index contributed by atoms with van der Waals surface area (Å²) in [5, 5.41) is 0. The zero-order chi connectivity index (χ0) is 18.4. The first-order chi connectivity index (χ1) is 13.2. The van der Waals surface area contributed by atoms with E-state index in [2.05, 4.69) is 78.1 Å². The first-order valence-corrected chi connectivity index (χ1v) is 11.1. The average Bonchev–Trinajstić information content (AvgIpc) is 2.64. The lowest BCUT2D eigenvalue weighted by atomic mass is 9.88. The maximum absolute atomic E-state index is 6.19. The van der Waals surface area contributed by atoms with E-state index in [4.69, 9.17) is 9.47 Å². The number of hydrogen-bond acceptors (Lipinski definition) is 4. The predicted octanol–water partition coefficient (Wildman–Crippen LogP) is 5.42. The van der Waals surface area contributed by atoms with Gasteiger partial charge in [-0.25, -0.2) is 0 Å². The molecule has 3 aliphatic rings. The lowest BCUT2D eigenvalue weighted by Crippen LogP contribution is -2.48. The van der Waals surface area contributed by atoms with Crippen molar-refractivity contribution in [3.63, 3.8) is 0 Å². The molecule has 0 aliphatic carbocycles. The summed E-state index contributed by atoms with van der Waals surface area (Å²) in [6, 6.07) is 12.6. The molecule has 2 bridgehead atoms. The van der Waals surface area contributed by atoms with Gasteiger partial charge in [0.15, 0.2) is 11.5 Å². The van der Waals surface area contributed by atoms with Gasteiger partial charge in [0.25, 0.3) is 0 Å². The summed E-state index contributed by atoms with van der Waals surface area (Å²) in [4.78, 5) is 5.02. The van der Waals surface area contributed by atoms with E-state index in [1.54, 1.807) is 0 Å². The third-order valence-corrected chi connectivity index (χ3v) is 6.68. The molecule has 0 aromatic heterocycles. The van der Waals surface area contributed by atoms with Crippen molar-refractivity contribution in [2.75, 3.05) is 44.3 Å². The van der Waals surface area contributed by atoms with Gasteiger partial charge in [0.05, 0.1) is 24.6 Å². The van der Waals surface area contributed by atoms with Crippen molar-refractivity contribution in [1.29, 1.82) is 0 Å². The van der Waals surface area contributed by atoms with Crippen LogP contribution in [0.3, 0.4) is 0 Å². The lowest BCUT2D eigenvalue weighted by Gasteiger charge is -2.42. The van der Waals surface area contributed by atoms with E-state index < -0.39 is 0 Å². The number of anilines is 2. The van der Waals surface area contributed by atoms with E-state index in [-0.39, 0.29) is 0 Å². The molecule has 3 heterocycles. The van der Waals surface area contributed by atoms with E-state index in [9.17, 15) is 0 Å². The normalized spacial score (nSPS) is 24.1. The highest BCUT2D eigenvalue weighted by molar-refractivity contribution is 9.10. The third kappa shape index (κ3) is 3.65. The monoisotopic (exact) mass is 492 g/mol. The Morgan fingerprint density at radius 1 is 0.852 bits per heavy atom. The van der Waals surface area contributed by atoms with E-state index in [0.29, 0.717) is 11.8 Å². The Bertz CT molecular complexity index is 797. The highest BCUT2D eigenvalue weighted by Gasteiger charge is 2.32. The second-order valence-electron chi connectivity index (χ2n) is 7.74. The Morgan fingerprint density at radius 2 is 1.44 bits per heavy atom. The Balaban J connectivity index is 1.40. The van der Waals surface area contributed by atoms with Crippen molar-refractivity contribution in [3.05, 3.63) is 45.3 Å². The summed E-state index contributed by atoms with van der Waals surface area (Å²) < 4.78 is 14.0. The third-order valence-electron chi connectivity index (χ3n) is 5.69. The van der Waals surface area contributed by atoms with Gasteiger partial charge in [0, 0.05) is 35.1 Å². The van der Waals surface area contributed by atoms with Gasteiger partial charge in [-0.15, -0.1) is 0 Å². The van der Waals surface area contributed by atoms with E-state index in [1.807, 2.05) is 0 Å². The second kappa shape index (κ2) is 7.39. The van der Waals surface area contributed by atoms with Crippen LogP contribution in [0.1, 0.15) is 6.42 Å². The van der Waals surface area contributed by atoms with Gasteiger partial charge in [-0.05, 0) is 54.7 Å². The molecule has 0 N–H and O–H groups in total. The summed E-state index contributed by atoms with van der Waals surface area (Å²) in [5.41, 5.74) is 2.27. The van der Waals surface area contributed by atoms with Crippen molar-refractivity contribution in [3.8, 4) is 11.5 Å². The molecule has 2 atom stereocenters. The standard InChI is InChI=1S/C21H22Br2N2O2/c22-16-1-3-18-20(8-16)27-21-9-17(23)2-4-19(21)25(18)6-5-24-10-14-7-15(11-24)13-26-12-14/h1-4,8-9,14-15H,5-7,10-13H2. The van der Waals surface area contributed by atoms with Crippen LogP contribution >= 0.6 is 31.9 Å². The minimum Gasteiger partial charge on any atom is -0.453 e. The fraction of sp³-hybridized carbons (Fsp3) is 0.429. The van der Waals surface area contributed by atoms with Gasteiger partial charge >= 0.3 is 0 Å². The number of fused-ring (bicyclic) bond motifs is 4. The van der Waals surface area contributed by atoms with Crippen LogP contribution in [0, 0.1) is 11.8 Å². The molecule has 0 amide bonds. The molecule has 0 saturated carbocycles. The average molecular weight is 494 g/mol. The fourth-order valence-corrected chi connectivity index (χ4v) is 5.25. The molecule has 2 aromatic rings. The van der Waals surface area contributed by atoms with Gasteiger partial charge < -0.3 is 19.3 Å². The minimum absolute atomic E-state index is 0.702. The first kappa shape index (κ1) is 18.0. The number of likely N-dealkylation sites (tertiary alicyclic amines) is 1. The molecule has 2 unspecified atom stereocenters. The molecule has 0 radical (unpaired) electrons. The van der Waals surface area contributed by atoms with Crippen molar-refractivity contribution in [2.24, 2.45) is 11.8 Å². The highest BCUT2D eigenvalue weighted by Crippen LogP contribution is 2.48. The highest BCUT2D eigenvalue weighted by atomic mass is 79.9. The Labute approximate surface area is 176 Å². The SMILES string of the molecule is Brc1ccc2c(c1)Oc1cc(Br)ccc1N2CCN1CC2COCC(C2)C1. The van der Waals surface area contributed by atoms with Crippen molar-refractivity contribution < 1.29 is 9.47 Å². The zero-order valence-electron chi connectivity index (χ0n) is 15.0. The summed E-state index contributed by atoms with van der Waals surface area (Å²) in [6.07, 6.45) is 1.34. The number of ether oxygens (including phenoxy) is 2. The number of benzene rings is 2. The quantitative estimate of drug-likeness (QED) is 0.569. The van der Waals surface area contributed by atoms with E-state index in [0.717, 1.165) is 71.2 Å². The van der Waals surface area contributed by atoms with Crippen LogP contribution in [0.15, 0.2) is 45.3 Å². The maximum atomic E-state index is 6.19.